The second kappa shape index (κ2) is 5.43. The van der Waals surface area contributed by atoms with Gasteiger partial charge in [-0.05, 0) is 30.9 Å². The molecule has 1 aromatic rings. The van der Waals surface area contributed by atoms with Gasteiger partial charge in [0.1, 0.15) is 0 Å². The molecule has 0 heterocycles. The van der Waals surface area contributed by atoms with Gasteiger partial charge in [0.05, 0.1) is 6.04 Å². The summed E-state index contributed by atoms with van der Waals surface area (Å²) in [5.41, 5.74) is 5.25. The maximum absolute atomic E-state index is 5.29. The first-order valence-corrected chi connectivity index (χ1v) is 4.74. The summed E-state index contributed by atoms with van der Waals surface area (Å²) in [6, 6.07) is 8.28. The van der Waals surface area contributed by atoms with Gasteiger partial charge < -0.3 is 0 Å². The van der Waals surface area contributed by atoms with Gasteiger partial charge in [0, 0.05) is 0 Å². The van der Waals surface area contributed by atoms with E-state index in [4.69, 9.17) is 12.3 Å². The highest BCUT2D eigenvalue weighted by atomic mass is 15.2. The number of hydrazine groups is 1. The van der Waals surface area contributed by atoms with Crippen molar-refractivity contribution in [2.45, 2.75) is 25.8 Å². The number of terminal acetylenes is 1. The van der Waals surface area contributed by atoms with E-state index in [-0.39, 0.29) is 6.04 Å². The van der Waals surface area contributed by atoms with Gasteiger partial charge in [0.15, 0.2) is 0 Å². The van der Waals surface area contributed by atoms with Crippen LogP contribution < -0.4 is 11.3 Å². The van der Waals surface area contributed by atoms with E-state index in [0.717, 1.165) is 12.8 Å². The third kappa shape index (κ3) is 2.88. The summed E-state index contributed by atoms with van der Waals surface area (Å²) in [6.45, 7) is 2.11. The molecule has 0 aliphatic rings. The van der Waals surface area contributed by atoms with Gasteiger partial charge in [0.25, 0.3) is 0 Å². The summed E-state index contributed by atoms with van der Waals surface area (Å²) >= 11 is 0. The Morgan fingerprint density at radius 2 is 2.21 bits per heavy atom. The van der Waals surface area contributed by atoms with Gasteiger partial charge in [-0.3, -0.25) is 5.84 Å². The number of hydrogen-bond donors (Lipinski definition) is 2. The molecule has 2 nitrogen and oxygen atoms in total. The van der Waals surface area contributed by atoms with Crippen LogP contribution >= 0.6 is 0 Å². The molecule has 0 aliphatic heterocycles. The Labute approximate surface area is 85.5 Å². The van der Waals surface area contributed by atoms with Gasteiger partial charge in [-0.2, -0.15) is 0 Å². The van der Waals surface area contributed by atoms with E-state index in [1.165, 1.54) is 11.1 Å². The molecule has 0 aliphatic carbocycles. The molecule has 1 rings (SSSR count). The van der Waals surface area contributed by atoms with Crippen LogP contribution in [0.3, 0.4) is 0 Å². The first-order chi connectivity index (χ1) is 6.77. The second-order valence-electron chi connectivity index (χ2n) is 3.35. The van der Waals surface area contributed by atoms with Crippen molar-refractivity contribution in [2.24, 2.45) is 5.84 Å². The van der Waals surface area contributed by atoms with Crippen LogP contribution in [0.2, 0.25) is 0 Å². The monoisotopic (exact) mass is 188 g/mol. The highest BCUT2D eigenvalue weighted by molar-refractivity contribution is 5.25. The lowest BCUT2D eigenvalue weighted by Crippen LogP contribution is -2.34. The fourth-order valence-electron chi connectivity index (χ4n) is 1.41. The molecule has 0 bridgehead atoms. The number of benzene rings is 1. The van der Waals surface area contributed by atoms with E-state index < -0.39 is 0 Å². The molecule has 1 aromatic carbocycles. The van der Waals surface area contributed by atoms with Crippen LogP contribution in [0.4, 0.5) is 0 Å². The first kappa shape index (κ1) is 10.8. The SMILES string of the molecule is C#CC(CCc1ccccc1C)NN. The zero-order chi connectivity index (χ0) is 10.4. The molecule has 2 heteroatoms. The van der Waals surface area contributed by atoms with Gasteiger partial charge >= 0.3 is 0 Å². The molecule has 0 radical (unpaired) electrons. The number of rotatable bonds is 4. The molecule has 1 atom stereocenters. The molecule has 0 saturated heterocycles. The minimum Gasteiger partial charge on any atom is -0.270 e. The summed E-state index contributed by atoms with van der Waals surface area (Å²) in [5, 5.41) is 0. The zero-order valence-corrected chi connectivity index (χ0v) is 8.46. The van der Waals surface area contributed by atoms with Crippen LogP contribution in [0.15, 0.2) is 24.3 Å². The Balaban J connectivity index is 2.54. The van der Waals surface area contributed by atoms with Crippen LogP contribution in [0.25, 0.3) is 0 Å². The average molecular weight is 188 g/mol. The quantitative estimate of drug-likeness (QED) is 0.426. The van der Waals surface area contributed by atoms with Crippen molar-refractivity contribution in [3.63, 3.8) is 0 Å². The van der Waals surface area contributed by atoms with Crippen LogP contribution in [0, 0.1) is 19.3 Å². The van der Waals surface area contributed by atoms with Crippen LogP contribution in [-0.2, 0) is 6.42 Å². The lowest BCUT2D eigenvalue weighted by molar-refractivity contribution is 0.591. The third-order valence-corrected chi connectivity index (χ3v) is 2.37. The maximum atomic E-state index is 5.29. The molecule has 0 aromatic heterocycles. The lowest BCUT2D eigenvalue weighted by Gasteiger charge is -2.10. The van der Waals surface area contributed by atoms with E-state index >= 15 is 0 Å². The summed E-state index contributed by atoms with van der Waals surface area (Å²) in [7, 11) is 0. The minimum atomic E-state index is -0.0328. The Morgan fingerprint density at radius 1 is 1.50 bits per heavy atom. The van der Waals surface area contributed by atoms with Gasteiger partial charge in [-0.15, -0.1) is 6.42 Å². The highest BCUT2D eigenvalue weighted by Crippen LogP contribution is 2.10. The van der Waals surface area contributed by atoms with E-state index in [1.54, 1.807) is 0 Å². The maximum Gasteiger partial charge on any atom is 0.0818 e. The number of nitrogens with two attached hydrogens (primary N) is 1. The van der Waals surface area contributed by atoms with Crippen molar-refractivity contribution >= 4 is 0 Å². The molecule has 0 saturated carbocycles. The summed E-state index contributed by atoms with van der Waals surface area (Å²) in [6.07, 6.45) is 7.13. The van der Waals surface area contributed by atoms with Crippen molar-refractivity contribution < 1.29 is 0 Å². The van der Waals surface area contributed by atoms with Crippen molar-refractivity contribution in [1.29, 1.82) is 0 Å². The molecule has 0 amide bonds. The normalized spacial score (nSPS) is 12.1. The predicted octanol–water partition coefficient (Wildman–Crippen LogP) is 1.39. The van der Waals surface area contributed by atoms with E-state index in [9.17, 15) is 0 Å². The van der Waals surface area contributed by atoms with Gasteiger partial charge in [-0.25, -0.2) is 5.43 Å². The van der Waals surface area contributed by atoms with Crippen LogP contribution in [0.5, 0.6) is 0 Å². The summed E-state index contributed by atoms with van der Waals surface area (Å²) in [4.78, 5) is 0. The van der Waals surface area contributed by atoms with Crippen molar-refractivity contribution in [2.75, 3.05) is 0 Å². The topological polar surface area (TPSA) is 38.0 Å². The Morgan fingerprint density at radius 3 is 2.79 bits per heavy atom. The average Bonchev–Trinajstić information content (AvgIpc) is 2.22. The van der Waals surface area contributed by atoms with Crippen LogP contribution in [0.1, 0.15) is 17.5 Å². The zero-order valence-electron chi connectivity index (χ0n) is 8.46. The molecule has 0 fully saturated rings. The van der Waals surface area contributed by atoms with Crippen LogP contribution in [-0.4, -0.2) is 6.04 Å². The van der Waals surface area contributed by atoms with Gasteiger partial charge in [0.2, 0.25) is 0 Å². The predicted molar refractivity (Wildman–Crippen MR) is 59.4 cm³/mol. The second-order valence-corrected chi connectivity index (χ2v) is 3.35. The smallest absolute Gasteiger partial charge is 0.0818 e. The number of hydrogen-bond acceptors (Lipinski definition) is 2. The molecular formula is C12H16N2. The largest absolute Gasteiger partial charge is 0.270 e. The first-order valence-electron chi connectivity index (χ1n) is 4.74. The number of aryl methyl sites for hydroxylation is 2. The lowest BCUT2D eigenvalue weighted by atomic mass is 10.0. The standard InChI is InChI=1S/C12H16N2/c1-3-12(14-13)9-8-11-7-5-4-6-10(11)2/h1,4-7,12,14H,8-9,13H2,2H3. The fourth-order valence-corrected chi connectivity index (χ4v) is 1.41. The van der Waals surface area contributed by atoms with Gasteiger partial charge in [-0.1, -0.05) is 30.2 Å². The van der Waals surface area contributed by atoms with E-state index in [1.807, 2.05) is 12.1 Å². The third-order valence-electron chi connectivity index (χ3n) is 2.37. The van der Waals surface area contributed by atoms with Crippen molar-refractivity contribution in [1.82, 2.24) is 5.43 Å². The van der Waals surface area contributed by atoms with Crippen molar-refractivity contribution in [3.05, 3.63) is 35.4 Å². The molecule has 0 spiro atoms. The molecular weight excluding hydrogens is 172 g/mol. The highest BCUT2D eigenvalue weighted by Gasteiger charge is 2.03. The Hall–Kier alpha value is -1.30. The molecule has 74 valence electrons. The van der Waals surface area contributed by atoms with Crippen molar-refractivity contribution in [3.8, 4) is 12.3 Å². The van der Waals surface area contributed by atoms with E-state index in [0.29, 0.717) is 0 Å². The summed E-state index contributed by atoms with van der Waals surface area (Å²) in [5.74, 6) is 7.90. The molecule has 14 heavy (non-hydrogen) atoms. The minimum absolute atomic E-state index is 0.0328. The molecule has 3 N–H and O–H groups in total. The molecule has 1 unspecified atom stereocenters. The fraction of sp³-hybridized carbons (Fsp3) is 0.333. The Bertz CT molecular complexity index is 325. The Kier molecular flexibility index (Phi) is 4.18. The van der Waals surface area contributed by atoms with E-state index in [2.05, 4.69) is 30.4 Å². The number of nitrogens with one attached hydrogen (secondary N) is 1. The summed E-state index contributed by atoms with van der Waals surface area (Å²) < 4.78 is 0.